The van der Waals surface area contributed by atoms with Crippen molar-refractivity contribution in [3.8, 4) is 0 Å². The number of carboxylic acids is 1. The fourth-order valence-corrected chi connectivity index (χ4v) is 0.711. The quantitative estimate of drug-likeness (QED) is 0.569. The SMILES string of the molecule is CCCCCC(O)C(=O)O. The highest BCUT2D eigenvalue weighted by Gasteiger charge is 2.10. The Morgan fingerprint density at radius 2 is 2.10 bits per heavy atom. The summed E-state index contributed by atoms with van der Waals surface area (Å²) < 4.78 is 0. The summed E-state index contributed by atoms with van der Waals surface area (Å²) in [6.07, 6.45) is 2.05. The lowest BCUT2D eigenvalue weighted by Crippen LogP contribution is -2.18. The molecule has 3 heteroatoms. The van der Waals surface area contributed by atoms with Crippen molar-refractivity contribution in [1.82, 2.24) is 0 Å². The van der Waals surface area contributed by atoms with E-state index in [2.05, 4.69) is 0 Å². The molecule has 0 spiro atoms. The van der Waals surface area contributed by atoms with Gasteiger partial charge in [0.15, 0.2) is 6.10 Å². The molecule has 0 saturated heterocycles. The Hall–Kier alpha value is -0.570. The fraction of sp³-hybridized carbons (Fsp3) is 0.857. The molecule has 0 saturated carbocycles. The third kappa shape index (κ3) is 4.32. The first-order chi connectivity index (χ1) is 4.68. The summed E-state index contributed by atoms with van der Waals surface area (Å²) in [5.74, 6) is -1.11. The number of carboxylic acid groups (broad SMARTS) is 1. The van der Waals surface area contributed by atoms with Gasteiger partial charge in [0.25, 0.3) is 0 Å². The molecule has 0 heterocycles. The van der Waals surface area contributed by atoms with Crippen molar-refractivity contribution in [3.63, 3.8) is 0 Å². The van der Waals surface area contributed by atoms with Crippen LogP contribution in [0.3, 0.4) is 0 Å². The topological polar surface area (TPSA) is 57.5 Å². The van der Waals surface area contributed by atoms with E-state index >= 15 is 0 Å². The number of rotatable bonds is 5. The largest absolute Gasteiger partial charge is 0.479 e. The molecule has 10 heavy (non-hydrogen) atoms. The van der Waals surface area contributed by atoms with Gasteiger partial charge in [-0.15, -0.1) is 0 Å². The Balaban J connectivity index is 3.21. The van der Waals surface area contributed by atoms with Gasteiger partial charge in [-0.2, -0.15) is 0 Å². The van der Waals surface area contributed by atoms with Gasteiger partial charge in [-0.3, -0.25) is 0 Å². The zero-order valence-electron chi connectivity index (χ0n) is 6.21. The monoisotopic (exact) mass is 146 g/mol. The van der Waals surface area contributed by atoms with Crippen molar-refractivity contribution in [2.24, 2.45) is 0 Å². The minimum absolute atomic E-state index is 0.378. The van der Waals surface area contributed by atoms with Crippen LogP contribution >= 0.6 is 0 Å². The van der Waals surface area contributed by atoms with E-state index in [1.165, 1.54) is 0 Å². The summed E-state index contributed by atoms with van der Waals surface area (Å²) >= 11 is 0. The number of unbranched alkanes of at least 4 members (excludes halogenated alkanes) is 2. The summed E-state index contributed by atoms with van der Waals surface area (Å²) in [7, 11) is 0. The number of aliphatic hydroxyl groups excluding tert-OH is 1. The van der Waals surface area contributed by atoms with Crippen molar-refractivity contribution >= 4 is 5.97 Å². The smallest absolute Gasteiger partial charge is 0.332 e. The molecule has 0 aromatic carbocycles. The molecule has 0 radical (unpaired) electrons. The molecule has 3 nitrogen and oxygen atoms in total. The summed E-state index contributed by atoms with van der Waals surface area (Å²) in [6.45, 7) is 2.03. The van der Waals surface area contributed by atoms with Gasteiger partial charge in [0.05, 0.1) is 0 Å². The van der Waals surface area contributed by atoms with E-state index in [9.17, 15) is 4.79 Å². The van der Waals surface area contributed by atoms with Crippen LogP contribution in [0.1, 0.15) is 32.6 Å². The predicted octanol–water partition coefficient (Wildman–Crippen LogP) is 1.01. The first kappa shape index (κ1) is 9.43. The molecule has 0 aliphatic heterocycles. The number of hydrogen-bond acceptors (Lipinski definition) is 2. The van der Waals surface area contributed by atoms with Gasteiger partial charge in [-0.05, 0) is 6.42 Å². The number of carbonyl (C=O) groups is 1. The molecular weight excluding hydrogens is 132 g/mol. The van der Waals surface area contributed by atoms with Crippen LogP contribution in [0, 0.1) is 0 Å². The first-order valence-electron chi connectivity index (χ1n) is 3.59. The van der Waals surface area contributed by atoms with Gasteiger partial charge in [-0.25, -0.2) is 4.79 Å². The molecule has 0 aliphatic rings. The second-order valence-electron chi connectivity index (χ2n) is 2.35. The molecule has 0 aromatic rings. The lowest BCUT2D eigenvalue weighted by molar-refractivity contribution is -0.146. The number of hydrogen-bond donors (Lipinski definition) is 2. The molecular formula is C7H14O3. The molecule has 0 amide bonds. The Bertz CT molecular complexity index is 101. The average Bonchev–Trinajstić information content (AvgIpc) is 1.88. The van der Waals surface area contributed by atoms with E-state index in [4.69, 9.17) is 10.2 Å². The van der Waals surface area contributed by atoms with Gasteiger partial charge >= 0.3 is 5.97 Å². The molecule has 1 atom stereocenters. The standard InChI is InChI=1S/C7H14O3/c1-2-3-4-5-6(8)7(9)10/h6,8H,2-5H2,1H3,(H,9,10). The second-order valence-corrected chi connectivity index (χ2v) is 2.35. The molecule has 0 fully saturated rings. The van der Waals surface area contributed by atoms with Crippen molar-refractivity contribution in [3.05, 3.63) is 0 Å². The molecule has 60 valence electrons. The fourth-order valence-electron chi connectivity index (χ4n) is 0.711. The maximum Gasteiger partial charge on any atom is 0.332 e. The highest BCUT2D eigenvalue weighted by atomic mass is 16.4. The molecule has 0 rings (SSSR count). The van der Waals surface area contributed by atoms with Gasteiger partial charge in [0.1, 0.15) is 0 Å². The van der Waals surface area contributed by atoms with Crippen LogP contribution in [-0.4, -0.2) is 22.3 Å². The van der Waals surface area contributed by atoms with Crippen LogP contribution in [-0.2, 0) is 4.79 Å². The van der Waals surface area contributed by atoms with Gasteiger partial charge in [0.2, 0.25) is 0 Å². The molecule has 0 aromatic heterocycles. The van der Waals surface area contributed by atoms with Crippen LogP contribution in [0.5, 0.6) is 0 Å². The molecule has 2 N–H and O–H groups in total. The van der Waals surface area contributed by atoms with Gasteiger partial charge in [0, 0.05) is 0 Å². The van der Waals surface area contributed by atoms with E-state index in [0.717, 1.165) is 19.3 Å². The van der Waals surface area contributed by atoms with Crippen molar-refractivity contribution in [2.45, 2.75) is 38.7 Å². The lowest BCUT2D eigenvalue weighted by atomic mass is 10.1. The summed E-state index contributed by atoms with van der Waals surface area (Å²) in [5, 5.41) is 17.0. The van der Waals surface area contributed by atoms with E-state index in [1.807, 2.05) is 6.92 Å². The van der Waals surface area contributed by atoms with Crippen LogP contribution in [0.2, 0.25) is 0 Å². The minimum atomic E-state index is -1.16. The third-order valence-electron chi connectivity index (χ3n) is 1.37. The van der Waals surface area contributed by atoms with E-state index in [0.29, 0.717) is 6.42 Å². The zero-order chi connectivity index (χ0) is 7.98. The maximum atomic E-state index is 10.0. The Kier molecular flexibility index (Phi) is 4.94. The van der Waals surface area contributed by atoms with Crippen molar-refractivity contribution in [1.29, 1.82) is 0 Å². The normalized spacial score (nSPS) is 13.0. The highest BCUT2D eigenvalue weighted by Crippen LogP contribution is 2.02. The summed E-state index contributed by atoms with van der Waals surface area (Å²) in [5.41, 5.74) is 0. The molecule has 0 aliphatic carbocycles. The Labute approximate surface area is 60.7 Å². The van der Waals surface area contributed by atoms with Crippen LogP contribution in [0.15, 0.2) is 0 Å². The van der Waals surface area contributed by atoms with E-state index in [1.54, 1.807) is 0 Å². The minimum Gasteiger partial charge on any atom is -0.479 e. The highest BCUT2D eigenvalue weighted by molar-refractivity contribution is 5.71. The first-order valence-corrected chi connectivity index (χ1v) is 3.59. The summed E-state index contributed by atoms with van der Waals surface area (Å²) in [4.78, 5) is 10.0. The predicted molar refractivity (Wildman–Crippen MR) is 37.8 cm³/mol. The average molecular weight is 146 g/mol. The maximum absolute atomic E-state index is 10.0. The van der Waals surface area contributed by atoms with E-state index in [-0.39, 0.29) is 0 Å². The summed E-state index contributed by atoms with van der Waals surface area (Å²) in [6, 6.07) is 0. The van der Waals surface area contributed by atoms with Gasteiger partial charge < -0.3 is 10.2 Å². The van der Waals surface area contributed by atoms with Crippen molar-refractivity contribution < 1.29 is 15.0 Å². The zero-order valence-corrected chi connectivity index (χ0v) is 6.21. The Morgan fingerprint density at radius 1 is 1.50 bits per heavy atom. The third-order valence-corrected chi connectivity index (χ3v) is 1.37. The van der Waals surface area contributed by atoms with Crippen LogP contribution in [0.25, 0.3) is 0 Å². The number of aliphatic carboxylic acids is 1. The van der Waals surface area contributed by atoms with E-state index < -0.39 is 12.1 Å². The van der Waals surface area contributed by atoms with Crippen LogP contribution < -0.4 is 0 Å². The van der Waals surface area contributed by atoms with Crippen molar-refractivity contribution in [2.75, 3.05) is 0 Å². The lowest BCUT2D eigenvalue weighted by Gasteiger charge is -2.02. The number of aliphatic hydroxyl groups is 1. The molecule has 0 bridgehead atoms. The van der Waals surface area contributed by atoms with Crippen LogP contribution in [0.4, 0.5) is 0 Å². The second kappa shape index (κ2) is 5.23. The Morgan fingerprint density at radius 3 is 2.50 bits per heavy atom. The van der Waals surface area contributed by atoms with Gasteiger partial charge in [-0.1, -0.05) is 26.2 Å². The molecule has 1 unspecified atom stereocenters.